The first-order chi connectivity index (χ1) is 5.16. The van der Waals surface area contributed by atoms with Crippen LogP contribution in [0.2, 0.25) is 0 Å². The summed E-state index contributed by atoms with van der Waals surface area (Å²) < 4.78 is 1.88. The van der Waals surface area contributed by atoms with Gasteiger partial charge in [0.05, 0.1) is 6.54 Å². The predicted octanol–water partition coefficient (Wildman–Crippen LogP) is -0.660. The van der Waals surface area contributed by atoms with Crippen LogP contribution in [0.3, 0.4) is 0 Å². The molecule has 0 saturated carbocycles. The molecule has 1 aromatic rings. The molecule has 1 rings (SSSR count). The molecule has 1 aromatic heterocycles. The van der Waals surface area contributed by atoms with E-state index in [1.165, 1.54) is 0 Å². The highest BCUT2D eigenvalue weighted by atomic mass is 15.4. The Morgan fingerprint density at radius 2 is 2.09 bits per heavy atom. The van der Waals surface area contributed by atoms with Gasteiger partial charge in [0.15, 0.2) is 0 Å². The number of aromatic nitrogens is 3. The second-order valence-electron chi connectivity index (χ2n) is 2.57. The number of nitrogens with two attached hydrogens (primary N) is 1. The van der Waals surface area contributed by atoms with Gasteiger partial charge in [0.2, 0.25) is 5.95 Å². The molecule has 0 aliphatic carbocycles. The van der Waals surface area contributed by atoms with Crippen LogP contribution >= 0.6 is 0 Å². The van der Waals surface area contributed by atoms with Gasteiger partial charge >= 0.3 is 0 Å². The quantitative estimate of drug-likeness (QED) is 0.616. The summed E-state index contributed by atoms with van der Waals surface area (Å²) in [4.78, 5) is 1.90. The Labute approximate surface area is 65.8 Å². The molecule has 0 amide bonds. The monoisotopic (exact) mass is 155 g/mol. The highest BCUT2D eigenvalue weighted by Gasteiger charge is 2.07. The van der Waals surface area contributed by atoms with Crippen LogP contribution in [0.4, 0.5) is 5.95 Å². The topological polar surface area (TPSA) is 60.0 Å². The molecule has 5 nitrogen and oxygen atoms in total. The highest BCUT2D eigenvalue weighted by Crippen LogP contribution is 2.06. The molecule has 1 heterocycles. The zero-order valence-electron chi connectivity index (χ0n) is 7.07. The lowest BCUT2D eigenvalue weighted by Crippen LogP contribution is -2.15. The molecule has 0 radical (unpaired) electrons. The lowest BCUT2D eigenvalue weighted by molar-refractivity contribution is 0.783. The summed E-state index contributed by atoms with van der Waals surface area (Å²) in [6.45, 7) is 0.428. The van der Waals surface area contributed by atoms with E-state index in [-0.39, 0.29) is 0 Å². The van der Waals surface area contributed by atoms with Gasteiger partial charge in [-0.15, -0.1) is 10.2 Å². The van der Waals surface area contributed by atoms with Crippen molar-refractivity contribution in [2.75, 3.05) is 19.0 Å². The number of anilines is 1. The van der Waals surface area contributed by atoms with E-state index in [0.29, 0.717) is 6.54 Å². The van der Waals surface area contributed by atoms with Crippen molar-refractivity contribution in [3.63, 3.8) is 0 Å². The summed E-state index contributed by atoms with van der Waals surface area (Å²) in [6, 6.07) is 0. The van der Waals surface area contributed by atoms with Gasteiger partial charge < -0.3 is 10.6 Å². The van der Waals surface area contributed by atoms with Gasteiger partial charge in [-0.25, -0.2) is 0 Å². The SMILES string of the molecule is CN(C)c1nnc(CN)n1C. The van der Waals surface area contributed by atoms with Crippen LogP contribution in [0.1, 0.15) is 5.82 Å². The number of hydrogen-bond donors (Lipinski definition) is 1. The van der Waals surface area contributed by atoms with E-state index in [9.17, 15) is 0 Å². The zero-order chi connectivity index (χ0) is 8.43. The van der Waals surface area contributed by atoms with Crippen molar-refractivity contribution in [3.8, 4) is 0 Å². The van der Waals surface area contributed by atoms with Crippen molar-refractivity contribution < 1.29 is 0 Å². The molecule has 0 saturated heterocycles. The third-order valence-electron chi connectivity index (χ3n) is 1.52. The van der Waals surface area contributed by atoms with Gasteiger partial charge in [-0.05, 0) is 0 Å². The standard InChI is InChI=1S/C6H13N5/c1-10(2)6-9-8-5(4-7)11(6)3/h4,7H2,1-3H3. The van der Waals surface area contributed by atoms with Crippen LogP contribution in [-0.2, 0) is 13.6 Å². The van der Waals surface area contributed by atoms with E-state index < -0.39 is 0 Å². The molecule has 0 atom stereocenters. The Hall–Kier alpha value is -1.10. The zero-order valence-corrected chi connectivity index (χ0v) is 7.07. The van der Waals surface area contributed by atoms with Crippen LogP contribution < -0.4 is 10.6 Å². The molecule has 0 unspecified atom stereocenters. The van der Waals surface area contributed by atoms with Crippen molar-refractivity contribution >= 4 is 5.95 Å². The fourth-order valence-electron chi connectivity index (χ4n) is 0.919. The summed E-state index contributed by atoms with van der Waals surface area (Å²) in [6.07, 6.45) is 0. The summed E-state index contributed by atoms with van der Waals surface area (Å²) in [5.74, 6) is 1.62. The molecule has 0 bridgehead atoms. The number of nitrogens with zero attached hydrogens (tertiary/aromatic N) is 4. The molecule has 0 aliphatic heterocycles. The van der Waals surface area contributed by atoms with Crippen LogP contribution in [0.25, 0.3) is 0 Å². The molecule has 0 spiro atoms. The minimum atomic E-state index is 0.428. The van der Waals surface area contributed by atoms with Gasteiger partial charge in [-0.3, -0.25) is 4.57 Å². The third kappa shape index (κ3) is 1.32. The van der Waals surface area contributed by atoms with Crippen LogP contribution in [0.5, 0.6) is 0 Å². The Kier molecular flexibility index (Phi) is 2.09. The first-order valence-electron chi connectivity index (χ1n) is 3.42. The van der Waals surface area contributed by atoms with Crippen molar-refractivity contribution in [1.29, 1.82) is 0 Å². The Bertz CT molecular complexity index is 239. The fraction of sp³-hybridized carbons (Fsp3) is 0.667. The van der Waals surface area contributed by atoms with Crippen molar-refractivity contribution in [2.24, 2.45) is 12.8 Å². The average molecular weight is 155 g/mol. The first-order valence-corrected chi connectivity index (χ1v) is 3.42. The molecule has 62 valence electrons. The molecular formula is C6H13N5. The lowest BCUT2D eigenvalue weighted by atomic mass is 10.6. The molecule has 5 heteroatoms. The number of rotatable bonds is 2. The maximum absolute atomic E-state index is 5.42. The highest BCUT2D eigenvalue weighted by molar-refractivity contribution is 5.27. The summed E-state index contributed by atoms with van der Waals surface area (Å²) in [5.41, 5.74) is 5.42. The van der Waals surface area contributed by atoms with Gasteiger partial charge in [-0.2, -0.15) is 0 Å². The second-order valence-corrected chi connectivity index (χ2v) is 2.57. The Balaban J connectivity index is 3.00. The van der Waals surface area contributed by atoms with Crippen LogP contribution in [0, 0.1) is 0 Å². The van der Waals surface area contributed by atoms with E-state index in [1.54, 1.807) is 0 Å². The maximum Gasteiger partial charge on any atom is 0.226 e. The largest absolute Gasteiger partial charge is 0.347 e. The molecule has 0 aliphatic rings. The summed E-state index contributed by atoms with van der Waals surface area (Å²) in [7, 11) is 5.74. The van der Waals surface area contributed by atoms with Gasteiger partial charge in [-0.1, -0.05) is 0 Å². The second kappa shape index (κ2) is 2.87. The fourth-order valence-corrected chi connectivity index (χ4v) is 0.919. The smallest absolute Gasteiger partial charge is 0.226 e. The van der Waals surface area contributed by atoms with Gasteiger partial charge in [0, 0.05) is 21.1 Å². The molecular weight excluding hydrogens is 142 g/mol. The number of hydrogen-bond acceptors (Lipinski definition) is 4. The van der Waals surface area contributed by atoms with E-state index in [2.05, 4.69) is 10.2 Å². The Morgan fingerprint density at radius 1 is 1.45 bits per heavy atom. The van der Waals surface area contributed by atoms with Gasteiger partial charge in [0.1, 0.15) is 5.82 Å². The van der Waals surface area contributed by atoms with Crippen molar-refractivity contribution in [1.82, 2.24) is 14.8 Å². The predicted molar refractivity (Wildman–Crippen MR) is 43.2 cm³/mol. The molecule has 2 N–H and O–H groups in total. The lowest BCUT2D eigenvalue weighted by Gasteiger charge is -2.09. The van der Waals surface area contributed by atoms with E-state index in [1.807, 2.05) is 30.6 Å². The van der Waals surface area contributed by atoms with Crippen LogP contribution in [0.15, 0.2) is 0 Å². The van der Waals surface area contributed by atoms with E-state index in [4.69, 9.17) is 5.73 Å². The van der Waals surface area contributed by atoms with E-state index >= 15 is 0 Å². The van der Waals surface area contributed by atoms with Crippen molar-refractivity contribution in [2.45, 2.75) is 6.54 Å². The van der Waals surface area contributed by atoms with Gasteiger partial charge in [0.25, 0.3) is 0 Å². The first kappa shape index (κ1) is 8.00. The summed E-state index contributed by atoms with van der Waals surface area (Å²) >= 11 is 0. The minimum Gasteiger partial charge on any atom is -0.347 e. The minimum absolute atomic E-state index is 0.428. The average Bonchev–Trinajstić information content (AvgIpc) is 2.30. The molecule has 0 aromatic carbocycles. The molecule has 11 heavy (non-hydrogen) atoms. The van der Waals surface area contributed by atoms with E-state index in [0.717, 1.165) is 11.8 Å². The maximum atomic E-state index is 5.42. The van der Waals surface area contributed by atoms with Crippen LogP contribution in [-0.4, -0.2) is 28.9 Å². The molecule has 0 fully saturated rings. The summed E-state index contributed by atoms with van der Waals surface area (Å²) in [5, 5.41) is 7.85. The third-order valence-corrected chi connectivity index (χ3v) is 1.52. The normalized spacial score (nSPS) is 10.2. The Morgan fingerprint density at radius 3 is 2.36 bits per heavy atom. The van der Waals surface area contributed by atoms with Crippen molar-refractivity contribution in [3.05, 3.63) is 5.82 Å².